The molecule has 0 heterocycles. The Bertz CT molecular complexity index is 124. The summed E-state index contributed by atoms with van der Waals surface area (Å²) in [4.78, 5) is 49.9. The monoisotopic (exact) mass is 284 g/mol. The predicted molar refractivity (Wildman–Crippen MR) is 17.4 cm³/mol. The van der Waals surface area contributed by atoms with E-state index >= 15 is 0 Å². The summed E-state index contributed by atoms with van der Waals surface area (Å²) in [6, 6.07) is 0. The zero-order valence-corrected chi connectivity index (χ0v) is 8.63. The molecule has 11 heavy (non-hydrogen) atoms. The van der Waals surface area contributed by atoms with Crippen LogP contribution < -0.4 is 24.5 Å². The van der Waals surface area contributed by atoms with Gasteiger partial charge in [0.15, 0.2) is 0 Å². The third-order valence-corrected chi connectivity index (χ3v) is 0. The second-order valence-electron chi connectivity index (χ2n) is 0.916. The van der Waals surface area contributed by atoms with Crippen LogP contribution in [0.1, 0.15) is 0 Å². The van der Waals surface area contributed by atoms with Crippen LogP contribution in [0.25, 0.3) is 0 Å². The summed E-state index contributed by atoms with van der Waals surface area (Å²) in [7, 11) is -10.5. The molecule has 0 aromatic heterocycles. The molecule has 0 rings (SSSR count). The van der Waals surface area contributed by atoms with Gasteiger partial charge in [-0.1, -0.05) is 0 Å². The molecule has 0 radical (unpaired) electrons. The molecule has 0 aromatic rings. The van der Waals surface area contributed by atoms with E-state index < -0.39 is 15.6 Å². The molecule has 0 bridgehead atoms. The molecule has 0 spiro atoms. The Morgan fingerprint density at radius 3 is 0.909 bits per heavy atom. The van der Waals surface area contributed by atoms with Gasteiger partial charge in [0.2, 0.25) is 0 Å². The Morgan fingerprint density at radius 1 is 0.909 bits per heavy atom. The molecule has 0 aliphatic carbocycles. The van der Waals surface area contributed by atoms with Crippen molar-refractivity contribution in [2.24, 2.45) is 0 Å². The van der Waals surface area contributed by atoms with Gasteiger partial charge >= 0.3 is 22.4 Å². The third kappa shape index (κ3) is 954. The summed E-state index contributed by atoms with van der Waals surface area (Å²) < 4.78 is 17.2. The molecule has 0 aromatic carbocycles. The molecule has 8 nitrogen and oxygen atoms in total. The molecule has 0 aliphatic rings. The molecule has 0 unspecified atom stereocenters. The molecular weight excluding hydrogens is 283 g/mol. The zero-order valence-electron chi connectivity index (χ0n) is 4.65. The number of hydrogen-bond donors (Lipinski definition) is 1. The van der Waals surface area contributed by atoms with Crippen molar-refractivity contribution < 1.29 is 60.9 Å². The van der Waals surface area contributed by atoms with E-state index in [1.165, 1.54) is 0 Å². The second kappa shape index (κ2) is 6.47. The van der Waals surface area contributed by atoms with E-state index in [0.29, 0.717) is 0 Å². The normalized spacial score (nSPS) is 10.7. The fourth-order valence-corrected chi connectivity index (χ4v) is 0. The number of rotatable bonds is 0. The van der Waals surface area contributed by atoms with Crippen LogP contribution in [0.2, 0.25) is 0 Å². The summed E-state index contributed by atoms with van der Waals surface area (Å²) >= 11 is 0. The van der Waals surface area contributed by atoms with Gasteiger partial charge in [0.25, 0.3) is 0 Å². The average molecular weight is 284 g/mol. The van der Waals surface area contributed by atoms with Crippen molar-refractivity contribution in [1.29, 1.82) is 0 Å². The van der Waals surface area contributed by atoms with E-state index in [4.69, 9.17) is 38.5 Å². The first kappa shape index (κ1) is 17.9. The molecule has 0 atom stereocenters. The van der Waals surface area contributed by atoms with E-state index in [1.807, 2.05) is 0 Å². The fourth-order valence-electron chi connectivity index (χ4n) is 0. The Kier molecular flexibility index (Phi) is 10.5. The van der Waals surface area contributed by atoms with Crippen molar-refractivity contribution in [1.82, 2.24) is 0 Å². The summed E-state index contributed by atoms with van der Waals surface area (Å²) in [6.07, 6.45) is 0. The van der Waals surface area contributed by atoms with Crippen LogP contribution in [-0.2, 0) is 31.5 Å². The topological polar surface area (TPSA) is 170 Å². The van der Waals surface area contributed by atoms with Crippen LogP contribution in [0.3, 0.4) is 0 Å². The van der Waals surface area contributed by atoms with Gasteiger partial charge in [0.05, 0.1) is 7.82 Å². The van der Waals surface area contributed by atoms with Crippen LogP contribution in [0.5, 0.6) is 0 Å². The Hall–Kier alpha value is 0.960. The first-order chi connectivity index (χ1) is 4.00. The Labute approximate surface area is 76.9 Å². The van der Waals surface area contributed by atoms with Crippen molar-refractivity contribution in [2.45, 2.75) is 0 Å². The van der Waals surface area contributed by atoms with Crippen LogP contribution in [0.4, 0.5) is 0 Å². The SMILES string of the molecule is O=P([O-])([O-])O.O=P([O-])([O-])[O-].[Nb+5]. The molecular formula is HNbO8P2. The van der Waals surface area contributed by atoms with Crippen LogP contribution in [0, 0.1) is 0 Å². The van der Waals surface area contributed by atoms with Gasteiger partial charge in [-0.05, 0) is 0 Å². The minimum Gasteiger partial charge on any atom is -0.822 e. The van der Waals surface area contributed by atoms with Gasteiger partial charge in [-0.3, -0.25) is 0 Å². The molecule has 0 fully saturated rings. The molecule has 0 aliphatic heterocycles. The van der Waals surface area contributed by atoms with E-state index in [2.05, 4.69) is 0 Å². The van der Waals surface area contributed by atoms with E-state index in [9.17, 15) is 0 Å². The summed E-state index contributed by atoms with van der Waals surface area (Å²) in [5.74, 6) is 0. The molecule has 11 heteroatoms. The van der Waals surface area contributed by atoms with E-state index in [1.54, 1.807) is 0 Å². The zero-order chi connectivity index (χ0) is 9.00. The van der Waals surface area contributed by atoms with Gasteiger partial charge in [0.1, 0.15) is 0 Å². The van der Waals surface area contributed by atoms with Gasteiger partial charge in [0, 0.05) is 0 Å². The minimum absolute atomic E-state index is 0. The molecule has 0 saturated heterocycles. The van der Waals surface area contributed by atoms with Crippen LogP contribution >= 0.6 is 15.6 Å². The second-order valence-corrected chi connectivity index (χ2v) is 2.75. The average Bonchev–Trinajstić information content (AvgIpc) is 1.12. The van der Waals surface area contributed by atoms with Crippen molar-refractivity contribution >= 4 is 15.6 Å². The Morgan fingerprint density at radius 2 is 0.909 bits per heavy atom. The van der Waals surface area contributed by atoms with Gasteiger partial charge in [-0.25, -0.2) is 0 Å². The summed E-state index contributed by atoms with van der Waals surface area (Å²) in [6.45, 7) is 0. The Balaban J connectivity index is -0.000000107. The number of hydrogen-bond acceptors (Lipinski definition) is 7. The third-order valence-electron chi connectivity index (χ3n) is 0. The van der Waals surface area contributed by atoms with Crippen LogP contribution in [0.15, 0.2) is 0 Å². The first-order valence-electron chi connectivity index (χ1n) is 1.48. The first-order valence-corrected chi connectivity index (χ1v) is 4.43. The van der Waals surface area contributed by atoms with Crippen molar-refractivity contribution in [3.63, 3.8) is 0 Å². The molecule has 1 N–H and O–H groups in total. The smallest absolute Gasteiger partial charge is 0.822 e. The molecule has 0 amide bonds. The minimum atomic E-state index is -5.39. The summed E-state index contributed by atoms with van der Waals surface area (Å²) in [5.41, 5.74) is 0. The van der Waals surface area contributed by atoms with Gasteiger partial charge in [-0.2, -0.15) is 7.82 Å². The van der Waals surface area contributed by atoms with Gasteiger partial charge in [-0.15, -0.1) is 0 Å². The largest absolute Gasteiger partial charge is 5.00 e. The molecule has 0 saturated carbocycles. The van der Waals surface area contributed by atoms with Crippen LogP contribution in [-0.4, -0.2) is 4.89 Å². The fraction of sp³-hybridized carbons (Fsp3) is 0. The maximum Gasteiger partial charge on any atom is 5.00 e. The van der Waals surface area contributed by atoms with Crippen molar-refractivity contribution in [3.8, 4) is 0 Å². The predicted octanol–water partition coefficient (Wildman–Crippen LogP) is -5.02. The van der Waals surface area contributed by atoms with E-state index in [-0.39, 0.29) is 22.4 Å². The van der Waals surface area contributed by atoms with Gasteiger partial charge < -0.3 is 38.5 Å². The maximum atomic E-state index is 8.66. The molecule has 64 valence electrons. The standard InChI is InChI=1S/Nb.2H3O4P/c;2*1-5(2,3)4/h;2*(H3,1,2,3,4)/q+5;;/p-5. The van der Waals surface area contributed by atoms with Crippen molar-refractivity contribution in [3.05, 3.63) is 0 Å². The van der Waals surface area contributed by atoms with Crippen molar-refractivity contribution in [2.75, 3.05) is 0 Å². The maximum absolute atomic E-state index is 8.66. The van der Waals surface area contributed by atoms with E-state index in [0.717, 1.165) is 0 Å². The summed E-state index contributed by atoms with van der Waals surface area (Å²) in [5, 5.41) is 0. The quantitative estimate of drug-likeness (QED) is 0.340. The number of phosphoric acid groups is 2.